The molecule has 0 fully saturated rings. The van der Waals surface area contributed by atoms with Gasteiger partial charge in [0.25, 0.3) is 0 Å². The fourth-order valence-electron chi connectivity index (χ4n) is 1.45. The van der Waals surface area contributed by atoms with Gasteiger partial charge in [0.15, 0.2) is 0 Å². The standard InChI is InChI=1S/C12H17ISi/c1-11(9-10-13)14(2,3)12-7-5-4-6-8-12/h4-9H,10H2,1-3H3/b11-9+. The van der Waals surface area contributed by atoms with E-state index in [1.807, 2.05) is 0 Å². The molecule has 0 heterocycles. The number of hydrogen-bond acceptors (Lipinski definition) is 0. The lowest BCUT2D eigenvalue weighted by Gasteiger charge is -2.24. The molecule has 1 aromatic rings. The van der Waals surface area contributed by atoms with Crippen molar-refractivity contribution in [2.24, 2.45) is 0 Å². The van der Waals surface area contributed by atoms with E-state index in [0.717, 1.165) is 4.43 Å². The van der Waals surface area contributed by atoms with Crippen molar-refractivity contribution in [2.75, 3.05) is 4.43 Å². The van der Waals surface area contributed by atoms with Gasteiger partial charge in [0.05, 0.1) is 0 Å². The Hall–Kier alpha value is -0.0931. The fraction of sp³-hybridized carbons (Fsp3) is 0.333. The number of allylic oxidation sites excluding steroid dienone is 2. The van der Waals surface area contributed by atoms with Gasteiger partial charge in [-0.1, -0.05) is 82.5 Å². The Morgan fingerprint density at radius 2 is 1.86 bits per heavy atom. The normalized spacial score (nSPS) is 13.0. The van der Waals surface area contributed by atoms with Crippen LogP contribution in [0.4, 0.5) is 0 Å². The summed E-state index contributed by atoms with van der Waals surface area (Å²) < 4.78 is 1.12. The van der Waals surface area contributed by atoms with Crippen LogP contribution in [0.3, 0.4) is 0 Å². The van der Waals surface area contributed by atoms with Crippen LogP contribution in [0.5, 0.6) is 0 Å². The van der Waals surface area contributed by atoms with Crippen LogP contribution in [-0.4, -0.2) is 12.5 Å². The van der Waals surface area contributed by atoms with Gasteiger partial charge in [-0.05, 0) is 6.92 Å². The van der Waals surface area contributed by atoms with Crippen LogP contribution in [-0.2, 0) is 0 Å². The van der Waals surface area contributed by atoms with E-state index in [-0.39, 0.29) is 0 Å². The third-order valence-electron chi connectivity index (χ3n) is 2.86. The lowest BCUT2D eigenvalue weighted by molar-refractivity contribution is 1.52. The van der Waals surface area contributed by atoms with Crippen molar-refractivity contribution >= 4 is 35.9 Å². The van der Waals surface area contributed by atoms with Crippen LogP contribution in [0.15, 0.2) is 41.6 Å². The average molecular weight is 316 g/mol. The highest BCUT2D eigenvalue weighted by Crippen LogP contribution is 2.14. The van der Waals surface area contributed by atoms with Gasteiger partial charge in [0.2, 0.25) is 0 Å². The second kappa shape index (κ2) is 5.12. The van der Waals surface area contributed by atoms with Crippen molar-refractivity contribution < 1.29 is 0 Å². The van der Waals surface area contributed by atoms with E-state index >= 15 is 0 Å². The zero-order valence-electron chi connectivity index (χ0n) is 9.05. The highest BCUT2D eigenvalue weighted by molar-refractivity contribution is 14.1. The minimum Gasteiger partial charge on any atom is -0.0822 e. The van der Waals surface area contributed by atoms with Crippen molar-refractivity contribution in [3.8, 4) is 0 Å². The Morgan fingerprint density at radius 1 is 1.29 bits per heavy atom. The third-order valence-corrected chi connectivity index (χ3v) is 7.26. The number of alkyl halides is 1. The number of halogens is 1. The minimum absolute atomic E-state index is 1.12. The molecule has 0 N–H and O–H groups in total. The van der Waals surface area contributed by atoms with Crippen LogP contribution < -0.4 is 5.19 Å². The van der Waals surface area contributed by atoms with Gasteiger partial charge in [-0.2, -0.15) is 0 Å². The van der Waals surface area contributed by atoms with Gasteiger partial charge < -0.3 is 0 Å². The summed E-state index contributed by atoms with van der Waals surface area (Å²) >= 11 is 2.41. The monoisotopic (exact) mass is 316 g/mol. The highest BCUT2D eigenvalue weighted by Gasteiger charge is 2.24. The molecule has 0 saturated carbocycles. The van der Waals surface area contributed by atoms with E-state index in [2.05, 4.69) is 79.0 Å². The lowest BCUT2D eigenvalue weighted by Crippen LogP contribution is -2.42. The topological polar surface area (TPSA) is 0 Å². The van der Waals surface area contributed by atoms with Gasteiger partial charge in [0, 0.05) is 4.43 Å². The number of hydrogen-bond donors (Lipinski definition) is 0. The molecule has 0 amide bonds. The van der Waals surface area contributed by atoms with Gasteiger partial charge in [-0.3, -0.25) is 0 Å². The van der Waals surface area contributed by atoms with Gasteiger partial charge >= 0.3 is 0 Å². The maximum atomic E-state index is 2.42. The molecule has 0 radical (unpaired) electrons. The van der Waals surface area contributed by atoms with Gasteiger partial charge in [0.1, 0.15) is 8.07 Å². The first-order valence-electron chi connectivity index (χ1n) is 4.87. The van der Waals surface area contributed by atoms with Crippen LogP contribution in [0.1, 0.15) is 6.92 Å². The van der Waals surface area contributed by atoms with Crippen molar-refractivity contribution in [3.05, 3.63) is 41.6 Å². The van der Waals surface area contributed by atoms with E-state index in [4.69, 9.17) is 0 Å². The summed E-state index contributed by atoms with van der Waals surface area (Å²) in [4.78, 5) is 0. The molecule has 2 heteroatoms. The molecule has 0 unspecified atom stereocenters. The van der Waals surface area contributed by atoms with E-state index in [0.29, 0.717) is 0 Å². The molecular weight excluding hydrogens is 299 g/mol. The molecule has 76 valence electrons. The predicted molar refractivity (Wildman–Crippen MR) is 76.2 cm³/mol. The Labute approximate surface area is 102 Å². The first-order valence-corrected chi connectivity index (χ1v) is 9.40. The summed E-state index contributed by atoms with van der Waals surface area (Å²) in [5.74, 6) is 0. The Balaban J connectivity index is 3.02. The molecule has 0 saturated heterocycles. The van der Waals surface area contributed by atoms with E-state index < -0.39 is 8.07 Å². The maximum Gasteiger partial charge on any atom is 0.106 e. The minimum atomic E-state index is -1.35. The van der Waals surface area contributed by atoms with E-state index in [1.165, 1.54) is 5.19 Å². The summed E-state index contributed by atoms with van der Waals surface area (Å²) in [6, 6.07) is 10.9. The molecule has 14 heavy (non-hydrogen) atoms. The number of benzene rings is 1. The van der Waals surface area contributed by atoms with E-state index in [1.54, 1.807) is 5.20 Å². The molecular formula is C12H17ISi. The summed E-state index contributed by atoms with van der Waals surface area (Å²) in [6.45, 7) is 7.11. The summed E-state index contributed by atoms with van der Waals surface area (Å²) in [5.41, 5.74) is 0. The largest absolute Gasteiger partial charge is 0.106 e. The summed E-state index contributed by atoms with van der Waals surface area (Å²) in [7, 11) is -1.35. The van der Waals surface area contributed by atoms with Crippen LogP contribution in [0.2, 0.25) is 13.1 Å². The molecule has 0 atom stereocenters. The maximum absolute atomic E-state index is 2.42. The fourth-order valence-corrected chi connectivity index (χ4v) is 4.62. The van der Waals surface area contributed by atoms with Crippen molar-refractivity contribution in [1.82, 2.24) is 0 Å². The van der Waals surface area contributed by atoms with Crippen molar-refractivity contribution in [2.45, 2.75) is 20.0 Å². The van der Waals surface area contributed by atoms with Gasteiger partial charge in [-0.15, -0.1) is 0 Å². The Morgan fingerprint density at radius 3 is 2.36 bits per heavy atom. The molecule has 0 bridgehead atoms. The SMILES string of the molecule is C/C(=C\CI)[Si](C)(C)c1ccccc1. The van der Waals surface area contributed by atoms with Crippen LogP contribution in [0.25, 0.3) is 0 Å². The molecule has 1 rings (SSSR count). The third kappa shape index (κ3) is 2.70. The Bertz CT molecular complexity index is 314. The second-order valence-electron chi connectivity index (χ2n) is 4.03. The van der Waals surface area contributed by atoms with Crippen LogP contribution in [0, 0.1) is 0 Å². The van der Waals surface area contributed by atoms with Crippen molar-refractivity contribution in [3.63, 3.8) is 0 Å². The van der Waals surface area contributed by atoms with Crippen LogP contribution >= 0.6 is 22.6 Å². The Kier molecular flexibility index (Phi) is 4.38. The zero-order valence-corrected chi connectivity index (χ0v) is 12.2. The first kappa shape index (κ1) is 12.0. The summed E-state index contributed by atoms with van der Waals surface area (Å²) in [5, 5.41) is 3.11. The molecule has 0 aliphatic carbocycles. The average Bonchev–Trinajstić information content (AvgIpc) is 2.19. The zero-order chi connectivity index (χ0) is 10.6. The van der Waals surface area contributed by atoms with Crippen molar-refractivity contribution in [1.29, 1.82) is 0 Å². The quantitative estimate of drug-likeness (QED) is 0.455. The van der Waals surface area contributed by atoms with Gasteiger partial charge in [-0.25, -0.2) is 0 Å². The number of rotatable bonds is 3. The molecule has 0 spiro atoms. The second-order valence-corrected chi connectivity index (χ2v) is 9.53. The molecule has 0 nitrogen and oxygen atoms in total. The smallest absolute Gasteiger partial charge is 0.0822 e. The molecule has 0 aromatic heterocycles. The molecule has 0 aliphatic rings. The first-order chi connectivity index (χ1) is 6.59. The highest BCUT2D eigenvalue weighted by atomic mass is 127. The molecule has 0 aliphatic heterocycles. The lowest BCUT2D eigenvalue weighted by atomic mass is 10.4. The summed E-state index contributed by atoms with van der Waals surface area (Å²) in [6.07, 6.45) is 2.36. The van der Waals surface area contributed by atoms with E-state index in [9.17, 15) is 0 Å². The molecule has 1 aromatic carbocycles. The predicted octanol–water partition coefficient (Wildman–Crippen LogP) is 3.52.